The minimum atomic E-state index is -3.75. The van der Waals surface area contributed by atoms with Gasteiger partial charge in [0, 0.05) is 0 Å². The Bertz CT molecular complexity index is 473. The zero-order valence-corrected chi connectivity index (χ0v) is 10.9. The molecule has 1 rings (SSSR count). The van der Waals surface area contributed by atoms with Gasteiger partial charge >= 0.3 is 6.09 Å². The van der Waals surface area contributed by atoms with E-state index in [1.54, 1.807) is 18.2 Å². The minimum absolute atomic E-state index is 0.0684. The molecule has 0 aliphatic heterocycles. The summed E-state index contributed by atoms with van der Waals surface area (Å²) in [6, 6.07) is 7.73. The maximum absolute atomic E-state index is 11.7. The number of carbonyl (C=O) groups is 1. The summed E-state index contributed by atoms with van der Waals surface area (Å²) in [6.45, 7) is 2.22. The number of unbranched alkanes of at least 4 members (excludes halogenated alkanes) is 1. The normalized spacial score (nSPS) is 10.9. The van der Waals surface area contributed by atoms with Crippen LogP contribution in [0.25, 0.3) is 0 Å². The molecular weight excluding hydrogens is 256 g/mol. The van der Waals surface area contributed by atoms with Crippen LogP contribution in [-0.2, 0) is 14.8 Å². The van der Waals surface area contributed by atoms with Crippen LogP contribution in [0.15, 0.2) is 35.2 Å². The number of nitrogens with one attached hydrogen (secondary N) is 2. The molecule has 2 N–H and O–H groups in total. The van der Waals surface area contributed by atoms with Gasteiger partial charge < -0.3 is 4.74 Å². The van der Waals surface area contributed by atoms with E-state index in [0.29, 0.717) is 0 Å². The molecule has 0 aromatic heterocycles. The van der Waals surface area contributed by atoms with E-state index in [1.807, 2.05) is 17.2 Å². The smallest absolute Gasteiger partial charge is 0.422 e. The molecule has 0 aliphatic carbocycles. The largest absolute Gasteiger partial charge is 0.449 e. The number of amides is 1. The Kier molecular flexibility index (Phi) is 5.60. The van der Waals surface area contributed by atoms with Gasteiger partial charge in [0.15, 0.2) is 0 Å². The molecule has 0 unspecified atom stereocenters. The molecule has 0 heterocycles. The van der Waals surface area contributed by atoms with Crippen LogP contribution in [0, 0.1) is 0 Å². The van der Waals surface area contributed by atoms with E-state index in [4.69, 9.17) is 4.74 Å². The SMILES string of the molecule is CCCCOC(=O)NNS(=O)(=O)c1ccccc1. The summed E-state index contributed by atoms with van der Waals surface area (Å²) in [5, 5.41) is 0. The number of carbonyl (C=O) groups excluding carboxylic acids is 1. The zero-order valence-electron chi connectivity index (χ0n) is 10.0. The van der Waals surface area contributed by atoms with Crippen molar-refractivity contribution >= 4 is 16.1 Å². The van der Waals surface area contributed by atoms with Gasteiger partial charge in [0.05, 0.1) is 11.5 Å². The third kappa shape index (κ3) is 4.72. The van der Waals surface area contributed by atoms with Crippen molar-refractivity contribution in [2.24, 2.45) is 0 Å². The molecule has 0 atom stereocenters. The van der Waals surface area contributed by atoms with E-state index < -0.39 is 16.1 Å². The van der Waals surface area contributed by atoms with Crippen LogP contribution in [0.3, 0.4) is 0 Å². The zero-order chi connectivity index (χ0) is 13.4. The summed E-state index contributed by atoms with van der Waals surface area (Å²) in [4.78, 5) is 13.2. The van der Waals surface area contributed by atoms with Crippen LogP contribution in [0.4, 0.5) is 4.79 Å². The standard InChI is InChI=1S/C11H16N2O4S/c1-2-3-9-17-11(14)12-13-18(15,16)10-7-5-4-6-8-10/h4-8,13H,2-3,9H2,1H3,(H,12,14). The van der Waals surface area contributed by atoms with Gasteiger partial charge in [-0.2, -0.15) is 0 Å². The van der Waals surface area contributed by atoms with E-state index in [0.717, 1.165) is 12.8 Å². The van der Waals surface area contributed by atoms with Crippen molar-refractivity contribution in [3.05, 3.63) is 30.3 Å². The van der Waals surface area contributed by atoms with Crippen molar-refractivity contribution in [1.82, 2.24) is 10.3 Å². The van der Waals surface area contributed by atoms with Crippen LogP contribution in [0.1, 0.15) is 19.8 Å². The quantitative estimate of drug-likeness (QED) is 0.605. The minimum Gasteiger partial charge on any atom is -0.449 e. The van der Waals surface area contributed by atoms with Gasteiger partial charge in [-0.15, -0.1) is 4.83 Å². The van der Waals surface area contributed by atoms with E-state index >= 15 is 0 Å². The second-order valence-electron chi connectivity index (χ2n) is 3.53. The maximum atomic E-state index is 11.7. The fourth-order valence-electron chi connectivity index (χ4n) is 1.11. The lowest BCUT2D eigenvalue weighted by Gasteiger charge is -2.08. The summed E-state index contributed by atoms with van der Waals surface area (Å²) < 4.78 is 28.1. The highest BCUT2D eigenvalue weighted by Gasteiger charge is 2.14. The Balaban J connectivity index is 2.46. The molecule has 1 aromatic rings. The van der Waals surface area contributed by atoms with Crippen LogP contribution in [0.5, 0.6) is 0 Å². The topological polar surface area (TPSA) is 84.5 Å². The van der Waals surface area contributed by atoms with Crippen molar-refractivity contribution in [2.75, 3.05) is 6.61 Å². The number of benzene rings is 1. The summed E-state index contributed by atoms with van der Waals surface area (Å²) in [6.07, 6.45) is 0.810. The van der Waals surface area contributed by atoms with Gasteiger partial charge in [-0.25, -0.2) is 18.6 Å². The van der Waals surface area contributed by atoms with Gasteiger partial charge in [0.25, 0.3) is 10.0 Å². The van der Waals surface area contributed by atoms with Gasteiger partial charge in [-0.1, -0.05) is 31.5 Å². The fourth-order valence-corrected chi connectivity index (χ4v) is 1.96. The molecule has 0 saturated heterocycles. The number of rotatable bonds is 6. The van der Waals surface area contributed by atoms with E-state index in [1.165, 1.54) is 12.1 Å². The van der Waals surface area contributed by atoms with E-state index in [-0.39, 0.29) is 11.5 Å². The molecule has 0 fully saturated rings. The predicted molar refractivity (Wildman–Crippen MR) is 66.2 cm³/mol. The molecule has 0 radical (unpaired) electrons. The van der Waals surface area contributed by atoms with Gasteiger partial charge in [-0.05, 0) is 18.6 Å². The van der Waals surface area contributed by atoms with Crippen molar-refractivity contribution in [3.8, 4) is 0 Å². The molecule has 18 heavy (non-hydrogen) atoms. The second kappa shape index (κ2) is 6.97. The van der Waals surface area contributed by atoms with Gasteiger partial charge in [-0.3, -0.25) is 0 Å². The van der Waals surface area contributed by atoms with Gasteiger partial charge in [0.2, 0.25) is 0 Å². The number of hydrogen-bond acceptors (Lipinski definition) is 4. The Morgan fingerprint density at radius 3 is 2.56 bits per heavy atom. The second-order valence-corrected chi connectivity index (χ2v) is 5.22. The Morgan fingerprint density at radius 1 is 1.28 bits per heavy atom. The number of sulfonamides is 1. The molecule has 0 spiro atoms. The molecule has 0 saturated carbocycles. The summed E-state index contributed by atoms with van der Waals surface area (Å²) in [5.41, 5.74) is 1.98. The molecule has 6 nitrogen and oxygen atoms in total. The van der Waals surface area contributed by atoms with Crippen LogP contribution >= 0.6 is 0 Å². The van der Waals surface area contributed by atoms with Crippen LogP contribution in [0.2, 0.25) is 0 Å². The first-order valence-electron chi connectivity index (χ1n) is 5.56. The number of ether oxygens (including phenoxy) is 1. The highest BCUT2D eigenvalue weighted by molar-refractivity contribution is 7.89. The van der Waals surface area contributed by atoms with Gasteiger partial charge in [0.1, 0.15) is 0 Å². The van der Waals surface area contributed by atoms with Crippen molar-refractivity contribution in [3.63, 3.8) is 0 Å². The lowest BCUT2D eigenvalue weighted by Crippen LogP contribution is -2.41. The first-order valence-corrected chi connectivity index (χ1v) is 7.04. The van der Waals surface area contributed by atoms with Crippen molar-refractivity contribution in [1.29, 1.82) is 0 Å². The molecule has 7 heteroatoms. The average Bonchev–Trinajstić information content (AvgIpc) is 2.38. The van der Waals surface area contributed by atoms with Crippen LogP contribution in [-0.4, -0.2) is 21.1 Å². The Hall–Kier alpha value is -1.60. The fraction of sp³-hybridized carbons (Fsp3) is 0.364. The number of hydrazine groups is 1. The van der Waals surface area contributed by atoms with Crippen LogP contribution < -0.4 is 10.3 Å². The van der Waals surface area contributed by atoms with E-state index in [2.05, 4.69) is 0 Å². The maximum Gasteiger partial charge on any atom is 0.422 e. The molecule has 1 aromatic carbocycles. The Morgan fingerprint density at radius 2 is 1.94 bits per heavy atom. The number of hydrogen-bond donors (Lipinski definition) is 2. The summed E-state index contributed by atoms with van der Waals surface area (Å²) in [5.74, 6) is 0. The molecule has 1 amide bonds. The third-order valence-electron chi connectivity index (χ3n) is 2.07. The summed E-state index contributed by atoms with van der Waals surface area (Å²) in [7, 11) is -3.75. The molecule has 0 bridgehead atoms. The summed E-state index contributed by atoms with van der Waals surface area (Å²) >= 11 is 0. The molecule has 0 aliphatic rings. The highest BCUT2D eigenvalue weighted by atomic mass is 32.2. The lowest BCUT2D eigenvalue weighted by molar-refractivity contribution is 0.142. The van der Waals surface area contributed by atoms with Crippen molar-refractivity contribution in [2.45, 2.75) is 24.7 Å². The lowest BCUT2D eigenvalue weighted by atomic mass is 10.4. The van der Waals surface area contributed by atoms with E-state index in [9.17, 15) is 13.2 Å². The Labute approximate surface area is 106 Å². The monoisotopic (exact) mass is 272 g/mol. The molecule has 100 valence electrons. The molecular formula is C11H16N2O4S. The van der Waals surface area contributed by atoms with Crippen molar-refractivity contribution < 1.29 is 17.9 Å². The third-order valence-corrected chi connectivity index (χ3v) is 3.34. The first kappa shape index (κ1) is 14.5. The highest BCUT2D eigenvalue weighted by Crippen LogP contribution is 2.05. The average molecular weight is 272 g/mol. The predicted octanol–water partition coefficient (Wildman–Crippen LogP) is 1.41. The first-order chi connectivity index (χ1) is 8.56.